The van der Waals surface area contributed by atoms with Crippen molar-refractivity contribution in [3.63, 3.8) is 0 Å². The lowest BCUT2D eigenvalue weighted by Gasteiger charge is -2.32. The van der Waals surface area contributed by atoms with Crippen LogP contribution < -0.4 is 15.5 Å². The summed E-state index contributed by atoms with van der Waals surface area (Å²) in [5.74, 6) is -0.648. The molecule has 1 aliphatic rings. The van der Waals surface area contributed by atoms with E-state index >= 15 is 0 Å². The molecule has 2 N–H and O–H groups in total. The van der Waals surface area contributed by atoms with Crippen molar-refractivity contribution in [3.05, 3.63) is 75.9 Å². The SMILES string of the molecule is Cc1ccc(N(C(=O)CNC(=O)c2cccs2)[C@H](C(=O)NC2CCCCC2)c2ccco2)cc1C. The van der Waals surface area contributed by atoms with Gasteiger partial charge in [0.15, 0.2) is 6.04 Å². The summed E-state index contributed by atoms with van der Waals surface area (Å²) in [6.45, 7) is 3.70. The smallest absolute Gasteiger partial charge is 0.261 e. The minimum atomic E-state index is -1.000. The van der Waals surface area contributed by atoms with Gasteiger partial charge in [0, 0.05) is 11.7 Å². The molecule has 0 spiro atoms. The van der Waals surface area contributed by atoms with Crippen molar-refractivity contribution in [2.45, 2.75) is 58.0 Å². The van der Waals surface area contributed by atoms with Gasteiger partial charge in [0.05, 0.1) is 17.7 Å². The van der Waals surface area contributed by atoms with Gasteiger partial charge < -0.3 is 15.1 Å². The molecule has 1 aromatic carbocycles. The van der Waals surface area contributed by atoms with E-state index in [0.29, 0.717) is 16.3 Å². The van der Waals surface area contributed by atoms with E-state index in [1.165, 1.54) is 28.9 Å². The van der Waals surface area contributed by atoms with Crippen LogP contribution in [0.5, 0.6) is 0 Å². The van der Waals surface area contributed by atoms with E-state index in [9.17, 15) is 14.4 Å². The number of nitrogens with one attached hydrogen (secondary N) is 2. The molecular formula is C27H31N3O4S. The zero-order chi connectivity index (χ0) is 24.8. The number of thiophene rings is 1. The summed E-state index contributed by atoms with van der Waals surface area (Å²) in [6.07, 6.45) is 6.66. The average Bonchev–Trinajstić information content (AvgIpc) is 3.58. The molecule has 1 aliphatic carbocycles. The fourth-order valence-electron chi connectivity index (χ4n) is 4.40. The Balaban J connectivity index is 1.65. The number of furan rings is 1. The minimum Gasteiger partial charge on any atom is -0.467 e. The normalized spacial score (nSPS) is 14.8. The molecule has 0 radical (unpaired) electrons. The number of nitrogens with zero attached hydrogens (tertiary/aromatic N) is 1. The first-order valence-electron chi connectivity index (χ1n) is 12.0. The van der Waals surface area contributed by atoms with Gasteiger partial charge in [-0.1, -0.05) is 31.4 Å². The number of benzene rings is 1. The van der Waals surface area contributed by atoms with E-state index in [-0.39, 0.29) is 24.4 Å². The third-order valence-electron chi connectivity index (χ3n) is 6.45. The molecule has 4 rings (SSSR count). The Kier molecular flexibility index (Phi) is 8.02. The highest BCUT2D eigenvalue weighted by Crippen LogP contribution is 2.30. The van der Waals surface area contributed by atoms with Gasteiger partial charge >= 0.3 is 0 Å². The van der Waals surface area contributed by atoms with Crippen LogP contribution >= 0.6 is 11.3 Å². The number of hydrogen-bond donors (Lipinski definition) is 2. The summed E-state index contributed by atoms with van der Waals surface area (Å²) in [5.41, 5.74) is 2.64. The summed E-state index contributed by atoms with van der Waals surface area (Å²) in [5, 5.41) is 7.65. The fraction of sp³-hybridized carbons (Fsp3) is 0.370. The highest BCUT2D eigenvalue weighted by Gasteiger charge is 2.36. The number of carbonyl (C=O) groups is 3. The lowest BCUT2D eigenvalue weighted by Crippen LogP contribution is -2.49. The van der Waals surface area contributed by atoms with Gasteiger partial charge in [0.25, 0.3) is 11.8 Å². The van der Waals surface area contributed by atoms with Crippen LogP contribution in [-0.2, 0) is 9.59 Å². The van der Waals surface area contributed by atoms with Gasteiger partial charge in [0.2, 0.25) is 5.91 Å². The maximum atomic E-state index is 13.7. The van der Waals surface area contributed by atoms with Gasteiger partial charge in [-0.05, 0) is 73.5 Å². The van der Waals surface area contributed by atoms with Crippen LogP contribution in [0.15, 0.2) is 58.5 Å². The quantitative estimate of drug-likeness (QED) is 0.466. The highest BCUT2D eigenvalue weighted by atomic mass is 32.1. The Bertz CT molecular complexity index is 1150. The molecule has 8 heteroatoms. The second-order valence-corrected chi connectivity index (χ2v) is 9.90. The van der Waals surface area contributed by atoms with E-state index in [4.69, 9.17) is 4.42 Å². The Hall–Kier alpha value is -3.39. The first-order valence-corrected chi connectivity index (χ1v) is 12.9. The van der Waals surface area contributed by atoms with Crippen LogP contribution in [-0.4, -0.2) is 30.3 Å². The third kappa shape index (κ3) is 6.00. The van der Waals surface area contributed by atoms with Crippen molar-refractivity contribution >= 4 is 34.7 Å². The lowest BCUT2D eigenvalue weighted by molar-refractivity contribution is -0.127. The molecule has 1 atom stereocenters. The van der Waals surface area contributed by atoms with E-state index in [0.717, 1.165) is 36.8 Å². The van der Waals surface area contributed by atoms with Crippen molar-refractivity contribution < 1.29 is 18.8 Å². The predicted octanol–water partition coefficient (Wildman–Crippen LogP) is 4.91. The van der Waals surface area contributed by atoms with Crippen molar-refractivity contribution in [2.24, 2.45) is 0 Å². The molecule has 35 heavy (non-hydrogen) atoms. The maximum absolute atomic E-state index is 13.7. The van der Waals surface area contributed by atoms with Gasteiger partial charge in [-0.15, -0.1) is 11.3 Å². The van der Waals surface area contributed by atoms with E-state index in [1.807, 2.05) is 32.0 Å². The first-order chi connectivity index (χ1) is 16.9. The van der Waals surface area contributed by atoms with Gasteiger partial charge in [-0.3, -0.25) is 19.3 Å². The number of rotatable bonds is 8. The van der Waals surface area contributed by atoms with Crippen LogP contribution in [0, 0.1) is 13.8 Å². The Morgan fingerprint density at radius 2 is 1.86 bits per heavy atom. The summed E-state index contributed by atoms with van der Waals surface area (Å²) >= 11 is 1.30. The molecule has 2 heterocycles. The molecule has 1 saturated carbocycles. The topological polar surface area (TPSA) is 91.7 Å². The Labute approximate surface area is 209 Å². The van der Waals surface area contributed by atoms with Crippen molar-refractivity contribution in [1.29, 1.82) is 0 Å². The molecule has 0 aliphatic heterocycles. The molecule has 7 nitrogen and oxygen atoms in total. The van der Waals surface area contributed by atoms with Gasteiger partial charge in [-0.25, -0.2) is 0 Å². The molecule has 0 bridgehead atoms. The van der Waals surface area contributed by atoms with Crippen molar-refractivity contribution in [3.8, 4) is 0 Å². The van der Waals surface area contributed by atoms with Crippen molar-refractivity contribution in [1.82, 2.24) is 10.6 Å². The second-order valence-electron chi connectivity index (χ2n) is 8.95. The summed E-state index contributed by atoms with van der Waals surface area (Å²) < 4.78 is 5.66. The molecular weight excluding hydrogens is 462 g/mol. The number of carbonyl (C=O) groups excluding carboxylic acids is 3. The molecule has 2 aromatic heterocycles. The van der Waals surface area contributed by atoms with Crippen LogP contribution in [0.2, 0.25) is 0 Å². The number of amides is 3. The Morgan fingerprint density at radius 1 is 1.06 bits per heavy atom. The van der Waals surface area contributed by atoms with E-state index in [2.05, 4.69) is 10.6 Å². The largest absolute Gasteiger partial charge is 0.467 e. The summed E-state index contributed by atoms with van der Waals surface area (Å²) in [4.78, 5) is 41.8. The monoisotopic (exact) mass is 493 g/mol. The fourth-order valence-corrected chi connectivity index (χ4v) is 5.04. The third-order valence-corrected chi connectivity index (χ3v) is 7.32. The van der Waals surface area contributed by atoms with Gasteiger partial charge in [0.1, 0.15) is 5.76 Å². The minimum absolute atomic E-state index is 0.0731. The zero-order valence-electron chi connectivity index (χ0n) is 20.1. The number of hydrogen-bond acceptors (Lipinski definition) is 5. The van der Waals surface area contributed by atoms with Crippen LogP contribution in [0.3, 0.4) is 0 Å². The number of anilines is 1. The van der Waals surface area contributed by atoms with Gasteiger partial charge in [-0.2, -0.15) is 0 Å². The Morgan fingerprint density at radius 3 is 2.51 bits per heavy atom. The molecule has 3 aromatic rings. The summed E-state index contributed by atoms with van der Waals surface area (Å²) in [7, 11) is 0. The van der Waals surface area contributed by atoms with Crippen molar-refractivity contribution in [2.75, 3.05) is 11.4 Å². The van der Waals surface area contributed by atoms with Crippen LogP contribution in [0.1, 0.15) is 64.7 Å². The molecule has 1 fully saturated rings. The molecule has 0 saturated heterocycles. The first kappa shape index (κ1) is 24.7. The van der Waals surface area contributed by atoms with E-state index < -0.39 is 11.9 Å². The summed E-state index contributed by atoms with van der Waals surface area (Å²) in [6, 6.07) is 11.6. The molecule has 184 valence electrons. The zero-order valence-corrected chi connectivity index (χ0v) is 20.9. The second kappa shape index (κ2) is 11.4. The molecule has 3 amide bonds. The predicted molar refractivity (Wildman–Crippen MR) is 137 cm³/mol. The number of aryl methyl sites for hydroxylation is 2. The average molecular weight is 494 g/mol. The maximum Gasteiger partial charge on any atom is 0.261 e. The van der Waals surface area contributed by atoms with Crippen LogP contribution in [0.25, 0.3) is 0 Å². The molecule has 0 unspecified atom stereocenters. The standard InChI is InChI=1S/C27H31N3O4S/c1-18-12-13-21(16-19(18)2)30(24(31)17-28-26(32)23-11-7-15-35-23)25(22-10-6-14-34-22)27(33)29-20-8-4-3-5-9-20/h6-7,10-16,20,25H,3-5,8-9,17H2,1-2H3,(H,28,32)(H,29,33)/t25-/m0/s1. The highest BCUT2D eigenvalue weighted by molar-refractivity contribution is 7.12. The van der Waals surface area contributed by atoms with Crippen LogP contribution in [0.4, 0.5) is 5.69 Å². The van der Waals surface area contributed by atoms with E-state index in [1.54, 1.807) is 29.6 Å². The lowest BCUT2D eigenvalue weighted by atomic mass is 9.95.